The van der Waals surface area contributed by atoms with Gasteiger partial charge in [-0.1, -0.05) is 0 Å². The van der Waals surface area contributed by atoms with Crippen molar-refractivity contribution in [2.45, 2.75) is 6.54 Å². The number of carbonyl (C=O) groups is 1. The van der Waals surface area contributed by atoms with Crippen LogP contribution in [0, 0.1) is 0 Å². The molecule has 0 radical (unpaired) electrons. The second-order valence-corrected chi connectivity index (χ2v) is 5.10. The van der Waals surface area contributed by atoms with Crippen LogP contribution in [-0.4, -0.2) is 5.91 Å². The van der Waals surface area contributed by atoms with Crippen molar-refractivity contribution in [3.8, 4) is 0 Å². The fraction of sp³-hybridized carbons (Fsp3) is 0.100. The van der Waals surface area contributed by atoms with E-state index >= 15 is 0 Å². The van der Waals surface area contributed by atoms with Gasteiger partial charge >= 0.3 is 0 Å². The first-order valence-electron chi connectivity index (χ1n) is 4.31. The van der Waals surface area contributed by atoms with Crippen LogP contribution in [0.25, 0.3) is 0 Å². The number of amides is 1. The molecule has 78 valence electrons. The van der Waals surface area contributed by atoms with E-state index < -0.39 is 0 Å². The summed E-state index contributed by atoms with van der Waals surface area (Å²) in [5, 5.41) is 4.64. The lowest BCUT2D eigenvalue weighted by atomic mass is 10.3. The van der Waals surface area contributed by atoms with Gasteiger partial charge in [-0.15, -0.1) is 11.3 Å². The Bertz CT molecular complexity index is 450. The number of nitrogens with one attached hydrogen (secondary N) is 1. The van der Waals surface area contributed by atoms with Crippen LogP contribution in [0.15, 0.2) is 38.0 Å². The zero-order valence-corrected chi connectivity index (χ0v) is 10.1. The van der Waals surface area contributed by atoms with E-state index in [4.69, 9.17) is 4.42 Å². The van der Waals surface area contributed by atoms with Gasteiger partial charge in [0.2, 0.25) is 0 Å². The first-order chi connectivity index (χ1) is 7.27. The van der Waals surface area contributed by atoms with E-state index in [2.05, 4.69) is 21.2 Å². The summed E-state index contributed by atoms with van der Waals surface area (Å²) in [6.45, 7) is 0.411. The van der Waals surface area contributed by atoms with Crippen molar-refractivity contribution < 1.29 is 9.21 Å². The van der Waals surface area contributed by atoms with Gasteiger partial charge in [0.25, 0.3) is 5.91 Å². The second-order valence-electron chi connectivity index (χ2n) is 2.87. The maximum Gasteiger partial charge on any atom is 0.253 e. The molecule has 1 N–H and O–H groups in total. The molecule has 0 fully saturated rings. The van der Waals surface area contributed by atoms with Crippen LogP contribution in [0.2, 0.25) is 0 Å². The van der Waals surface area contributed by atoms with Crippen molar-refractivity contribution in [2.75, 3.05) is 0 Å². The summed E-state index contributed by atoms with van der Waals surface area (Å²) in [6.07, 6.45) is 1.59. The molecule has 0 unspecified atom stereocenters. The second kappa shape index (κ2) is 4.63. The van der Waals surface area contributed by atoms with Gasteiger partial charge in [0.15, 0.2) is 0 Å². The Morgan fingerprint density at radius 1 is 1.53 bits per heavy atom. The highest BCUT2D eigenvalue weighted by Gasteiger charge is 2.10. The number of rotatable bonds is 3. The molecule has 0 aliphatic carbocycles. The summed E-state index contributed by atoms with van der Waals surface area (Å²) in [7, 11) is 0. The minimum absolute atomic E-state index is 0.0977. The van der Waals surface area contributed by atoms with E-state index in [9.17, 15) is 4.79 Å². The van der Waals surface area contributed by atoms with Gasteiger partial charge in [0, 0.05) is 0 Å². The highest BCUT2D eigenvalue weighted by molar-refractivity contribution is 9.11. The molecule has 2 aromatic rings. The molecule has 0 saturated heterocycles. The Morgan fingerprint density at radius 3 is 3.00 bits per heavy atom. The Morgan fingerprint density at radius 2 is 2.40 bits per heavy atom. The Hall–Kier alpha value is -1.07. The lowest BCUT2D eigenvalue weighted by molar-refractivity contribution is 0.0948. The minimum atomic E-state index is -0.0977. The number of hydrogen-bond donors (Lipinski definition) is 1. The molecule has 5 heteroatoms. The number of carbonyl (C=O) groups excluding carboxylic acids is 1. The van der Waals surface area contributed by atoms with Gasteiger partial charge in [-0.25, -0.2) is 0 Å². The van der Waals surface area contributed by atoms with Crippen LogP contribution >= 0.6 is 27.3 Å². The first-order valence-corrected chi connectivity index (χ1v) is 5.98. The third kappa shape index (κ3) is 2.49. The molecule has 15 heavy (non-hydrogen) atoms. The maximum atomic E-state index is 11.6. The quantitative estimate of drug-likeness (QED) is 0.942. The number of hydrogen-bond acceptors (Lipinski definition) is 3. The number of thiophene rings is 1. The molecule has 0 aliphatic heterocycles. The topological polar surface area (TPSA) is 42.2 Å². The van der Waals surface area contributed by atoms with Crippen LogP contribution in [-0.2, 0) is 6.54 Å². The third-order valence-electron chi connectivity index (χ3n) is 1.87. The van der Waals surface area contributed by atoms with E-state index in [1.165, 1.54) is 11.3 Å². The Labute approximate surface area is 99.2 Å². The van der Waals surface area contributed by atoms with Crippen molar-refractivity contribution in [3.63, 3.8) is 0 Å². The van der Waals surface area contributed by atoms with Crippen molar-refractivity contribution in [1.29, 1.82) is 0 Å². The highest BCUT2D eigenvalue weighted by atomic mass is 79.9. The molecule has 3 nitrogen and oxygen atoms in total. The summed E-state index contributed by atoms with van der Waals surface area (Å²) in [5.74, 6) is 0.647. The van der Waals surface area contributed by atoms with E-state index in [0.29, 0.717) is 12.1 Å². The molecular weight excluding hydrogens is 278 g/mol. The first kappa shape index (κ1) is 10.4. The van der Waals surface area contributed by atoms with Gasteiger partial charge in [-0.3, -0.25) is 4.79 Å². The summed E-state index contributed by atoms with van der Waals surface area (Å²) in [6, 6.07) is 5.40. The summed E-state index contributed by atoms with van der Waals surface area (Å²) >= 11 is 4.81. The van der Waals surface area contributed by atoms with Crippen molar-refractivity contribution in [3.05, 3.63) is 45.0 Å². The lowest BCUT2D eigenvalue weighted by Gasteiger charge is -2.01. The molecule has 1 amide bonds. The largest absolute Gasteiger partial charge is 0.467 e. The van der Waals surface area contributed by atoms with Crippen LogP contribution in [0.5, 0.6) is 0 Å². The molecule has 0 aliphatic rings. The van der Waals surface area contributed by atoms with Crippen LogP contribution in [0.1, 0.15) is 16.1 Å². The summed E-state index contributed by atoms with van der Waals surface area (Å²) in [5.41, 5.74) is 0.659. The zero-order valence-electron chi connectivity index (χ0n) is 7.70. The predicted molar refractivity (Wildman–Crippen MR) is 61.9 cm³/mol. The van der Waals surface area contributed by atoms with E-state index in [1.54, 1.807) is 18.4 Å². The summed E-state index contributed by atoms with van der Waals surface area (Å²) < 4.78 is 5.95. The average Bonchev–Trinajstić information content (AvgIpc) is 2.84. The standard InChI is InChI=1S/C10H8BrNO2S/c11-9-8(3-5-15-9)10(13)12-6-7-2-1-4-14-7/h1-5H,6H2,(H,12,13). The predicted octanol–water partition coefficient (Wildman–Crippen LogP) is 3.03. The monoisotopic (exact) mass is 285 g/mol. The fourth-order valence-electron chi connectivity index (χ4n) is 1.13. The van der Waals surface area contributed by atoms with Crippen LogP contribution in [0.4, 0.5) is 0 Å². The number of furan rings is 1. The minimum Gasteiger partial charge on any atom is -0.467 e. The molecule has 0 atom stereocenters. The van der Waals surface area contributed by atoms with Gasteiger partial charge in [0.05, 0.1) is 22.2 Å². The Balaban J connectivity index is 1.96. The van der Waals surface area contributed by atoms with Gasteiger partial charge in [0.1, 0.15) is 5.76 Å². The van der Waals surface area contributed by atoms with E-state index in [0.717, 1.165) is 9.55 Å². The highest BCUT2D eigenvalue weighted by Crippen LogP contribution is 2.23. The van der Waals surface area contributed by atoms with Crippen LogP contribution in [0.3, 0.4) is 0 Å². The van der Waals surface area contributed by atoms with Gasteiger partial charge < -0.3 is 9.73 Å². The fourth-order valence-corrected chi connectivity index (χ4v) is 2.38. The molecule has 0 bridgehead atoms. The number of halogens is 1. The molecule has 0 saturated carbocycles. The van der Waals surface area contributed by atoms with Crippen LogP contribution < -0.4 is 5.32 Å². The van der Waals surface area contributed by atoms with Crippen molar-refractivity contribution >= 4 is 33.2 Å². The third-order valence-corrected chi connectivity index (χ3v) is 3.55. The summed E-state index contributed by atoms with van der Waals surface area (Å²) in [4.78, 5) is 11.6. The maximum absolute atomic E-state index is 11.6. The van der Waals surface area contributed by atoms with Gasteiger partial charge in [-0.2, -0.15) is 0 Å². The SMILES string of the molecule is O=C(NCc1ccco1)c1ccsc1Br. The van der Waals surface area contributed by atoms with Crippen molar-refractivity contribution in [2.24, 2.45) is 0 Å². The molecule has 0 spiro atoms. The van der Waals surface area contributed by atoms with E-state index in [1.807, 2.05) is 11.4 Å². The molecule has 2 aromatic heterocycles. The Kier molecular flexibility index (Phi) is 3.23. The van der Waals surface area contributed by atoms with Crippen molar-refractivity contribution in [1.82, 2.24) is 5.32 Å². The average molecular weight is 286 g/mol. The normalized spacial score (nSPS) is 10.2. The molecular formula is C10H8BrNO2S. The van der Waals surface area contributed by atoms with E-state index in [-0.39, 0.29) is 5.91 Å². The lowest BCUT2D eigenvalue weighted by Crippen LogP contribution is -2.22. The van der Waals surface area contributed by atoms with Gasteiger partial charge in [-0.05, 0) is 39.5 Å². The molecule has 0 aromatic carbocycles. The molecule has 2 rings (SSSR count). The zero-order chi connectivity index (χ0) is 10.7. The smallest absolute Gasteiger partial charge is 0.253 e. The molecule has 2 heterocycles.